The number of carbonyl (C=O) groups is 2. The summed E-state index contributed by atoms with van der Waals surface area (Å²) in [6.45, 7) is 5.06. The topological polar surface area (TPSA) is 81.7 Å². The Balaban J connectivity index is 1.43. The van der Waals surface area contributed by atoms with Crippen molar-refractivity contribution in [2.24, 2.45) is 0 Å². The zero-order chi connectivity index (χ0) is 19.2. The van der Waals surface area contributed by atoms with Crippen molar-refractivity contribution in [2.75, 3.05) is 13.1 Å². The van der Waals surface area contributed by atoms with E-state index in [1.165, 1.54) is 17.2 Å². The molecule has 2 amide bonds. The van der Waals surface area contributed by atoms with Crippen molar-refractivity contribution in [3.05, 3.63) is 70.8 Å². The molecule has 1 aliphatic heterocycles. The Morgan fingerprint density at radius 3 is 2.67 bits per heavy atom. The summed E-state index contributed by atoms with van der Waals surface area (Å²) in [5.41, 5.74) is 3.52. The summed E-state index contributed by atoms with van der Waals surface area (Å²) in [5, 5.41) is 14.8. The summed E-state index contributed by atoms with van der Waals surface area (Å²) in [6.07, 6.45) is 0.924. The number of carbonyl (C=O) groups excluding carboxylic acids is 1. The molecule has 0 saturated carbocycles. The molecule has 1 heterocycles. The number of urea groups is 1. The van der Waals surface area contributed by atoms with Crippen molar-refractivity contribution >= 4 is 12.0 Å². The summed E-state index contributed by atoms with van der Waals surface area (Å²) in [4.78, 5) is 25.5. The molecule has 2 aromatic carbocycles. The van der Waals surface area contributed by atoms with Gasteiger partial charge >= 0.3 is 12.0 Å². The number of aromatic carboxylic acids is 1. The summed E-state index contributed by atoms with van der Waals surface area (Å²) < 4.78 is 0. The average Bonchev–Trinajstić information content (AvgIpc) is 3.09. The van der Waals surface area contributed by atoms with Gasteiger partial charge in [-0.25, -0.2) is 9.59 Å². The van der Waals surface area contributed by atoms with Crippen molar-refractivity contribution in [3.8, 4) is 0 Å². The second-order valence-corrected chi connectivity index (χ2v) is 7.04. The van der Waals surface area contributed by atoms with Gasteiger partial charge in [0.15, 0.2) is 0 Å². The molecule has 0 radical (unpaired) electrons. The first-order chi connectivity index (χ1) is 13.0. The molecule has 6 heteroatoms. The lowest BCUT2D eigenvalue weighted by atomic mass is 10.1. The van der Waals surface area contributed by atoms with Gasteiger partial charge < -0.3 is 15.7 Å². The molecule has 142 valence electrons. The molecule has 1 unspecified atom stereocenters. The van der Waals surface area contributed by atoms with Gasteiger partial charge in [-0.15, -0.1) is 0 Å². The van der Waals surface area contributed by atoms with Gasteiger partial charge in [-0.3, -0.25) is 4.90 Å². The Morgan fingerprint density at radius 1 is 1.15 bits per heavy atom. The summed E-state index contributed by atoms with van der Waals surface area (Å²) in [5.74, 6) is -0.971. The monoisotopic (exact) mass is 367 g/mol. The molecular formula is C21H25N3O3. The number of carboxylic acid groups (broad SMARTS) is 1. The molecule has 27 heavy (non-hydrogen) atoms. The van der Waals surface area contributed by atoms with Crippen molar-refractivity contribution < 1.29 is 14.7 Å². The second-order valence-electron chi connectivity index (χ2n) is 7.04. The molecule has 1 fully saturated rings. The minimum Gasteiger partial charge on any atom is -0.478 e. The van der Waals surface area contributed by atoms with Crippen molar-refractivity contribution in [2.45, 2.75) is 32.5 Å². The van der Waals surface area contributed by atoms with Crippen LogP contribution in [0.3, 0.4) is 0 Å². The third kappa shape index (κ3) is 5.56. The van der Waals surface area contributed by atoms with Crippen molar-refractivity contribution in [1.82, 2.24) is 15.5 Å². The number of nitrogens with zero attached hydrogens (tertiary/aromatic N) is 1. The predicted octanol–water partition coefficient (Wildman–Crippen LogP) is 2.77. The van der Waals surface area contributed by atoms with Crippen molar-refractivity contribution in [3.63, 3.8) is 0 Å². The van der Waals surface area contributed by atoms with Gasteiger partial charge in [0, 0.05) is 32.2 Å². The Morgan fingerprint density at radius 2 is 1.93 bits per heavy atom. The van der Waals surface area contributed by atoms with E-state index in [-0.39, 0.29) is 17.6 Å². The van der Waals surface area contributed by atoms with Crippen LogP contribution >= 0.6 is 0 Å². The van der Waals surface area contributed by atoms with E-state index in [1.54, 1.807) is 18.2 Å². The van der Waals surface area contributed by atoms with Crippen molar-refractivity contribution in [1.29, 1.82) is 0 Å². The standard InChI is InChI=1S/C21H25N3O3/c1-15-5-7-16(8-6-15)13-24-10-9-19(14-24)23-21(27)22-12-17-3-2-4-18(11-17)20(25)26/h2-8,11,19H,9-10,12-14H2,1H3,(H,25,26)(H2,22,23,27). The highest BCUT2D eigenvalue weighted by Crippen LogP contribution is 2.14. The van der Waals surface area contributed by atoms with Crippen LogP contribution in [-0.4, -0.2) is 41.1 Å². The smallest absolute Gasteiger partial charge is 0.335 e. The van der Waals surface area contributed by atoms with Gasteiger partial charge in [0.05, 0.1) is 5.56 Å². The number of hydrogen-bond acceptors (Lipinski definition) is 3. The van der Waals surface area contributed by atoms with E-state index >= 15 is 0 Å². The fourth-order valence-corrected chi connectivity index (χ4v) is 3.28. The van der Waals surface area contributed by atoms with Crippen LogP contribution in [0.5, 0.6) is 0 Å². The molecule has 3 N–H and O–H groups in total. The Hall–Kier alpha value is -2.86. The van der Waals surface area contributed by atoms with E-state index in [2.05, 4.69) is 46.7 Å². The maximum Gasteiger partial charge on any atom is 0.335 e. The molecule has 6 nitrogen and oxygen atoms in total. The lowest BCUT2D eigenvalue weighted by Gasteiger charge is -2.17. The van der Waals surface area contributed by atoms with E-state index in [4.69, 9.17) is 5.11 Å². The lowest BCUT2D eigenvalue weighted by molar-refractivity contribution is 0.0696. The zero-order valence-corrected chi connectivity index (χ0v) is 15.4. The molecule has 3 rings (SSSR count). The van der Waals surface area contributed by atoms with Gasteiger partial charge in [-0.1, -0.05) is 42.0 Å². The summed E-state index contributed by atoms with van der Waals surface area (Å²) in [6, 6.07) is 15.0. The lowest BCUT2D eigenvalue weighted by Crippen LogP contribution is -2.43. The Kier molecular flexibility index (Phi) is 6.08. The first kappa shape index (κ1) is 18.9. The van der Waals surface area contributed by atoms with Crippen LogP contribution in [0.4, 0.5) is 4.79 Å². The van der Waals surface area contributed by atoms with E-state index in [1.807, 2.05) is 0 Å². The molecule has 0 aliphatic carbocycles. The molecular weight excluding hydrogens is 342 g/mol. The minimum absolute atomic E-state index is 0.126. The molecule has 1 atom stereocenters. The van der Waals surface area contributed by atoms with Crippen LogP contribution in [0, 0.1) is 6.92 Å². The third-order valence-corrected chi connectivity index (χ3v) is 4.76. The number of likely N-dealkylation sites (tertiary alicyclic amines) is 1. The molecule has 0 bridgehead atoms. The van der Waals surface area contributed by atoms with Crippen LogP contribution in [-0.2, 0) is 13.1 Å². The molecule has 1 saturated heterocycles. The van der Waals surface area contributed by atoms with Crippen LogP contribution in [0.25, 0.3) is 0 Å². The van der Waals surface area contributed by atoms with Gasteiger partial charge in [-0.05, 0) is 36.6 Å². The van der Waals surface area contributed by atoms with E-state index in [9.17, 15) is 9.59 Å². The molecule has 0 aromatic heterocycles. The number of hydrogen-bond donors (Lipinski definition) is 3. The fraction of sp³-hybridized carbons (Fsp3) is 0.333. The van der Waals surface area contributed by atoms with Gasteiger partial charge in [0.1, 0.15) is 0 Å². The first-order valence-corrected chi connectivity index (χ1v) is 9.14. The number of benzene rings is 2. The van der Waals surface area contributed by atoms with Crippen LogP contribution < -0.4 is 10.6 Å². The highest BCUT2D eigenvalue weighted by atomic mass is 16.4. The number of rotatable bonds is 6. The van der Waals surface area contributed by atoms with Gasteiger partial charge in [0.25, 0.3) is 0 Å². The maximum atomic E-state index is 12.1. The number of amides is 2. The quantitative estimate of drug-likeness (QED) is 0.733. The molecule has 0 spiro atoms. The second kappa shape index (κ2) is 8.68. The summed E-state index contributed by atoms with van der Waals surface area (Å²) >= 11 is 0. The third-order valence-electron chi connectivity index (χ3n) is 4.76. The molecule has 1 aliphatic rings. The fourth-order valence-electron chi connectivity index (χ4n) is 3.28. The average molecular weight is 367 g/mol. The van der Waals surface area contributed by atoms with E-state index in [0.29, 0.717) is 6.54 Å². The maximum absolute atomic E-state index is 12.1. The van der Waals surface area contributed by atoms with E-state index in [0.717, 1.165) is 31.6 Å². The van der Waals surface area contributed by atoms with Gasteiger partial charge in [-0.2, -0.15) is 0 Å². The highest BCUT2D eigenvalue weighted by Gasteiger charge is 2.23. The summed E-state index contributed by atoms with van der Waals surface area (Å²) in [7, 11) is 0. The molecule has 2 aromatic rings. The van der Waals surface area contributed by atoms with Crippen LogP contribution in [0.15, 0.2) is 48.5 Å². The highest BCUT2D eigenvalue weighted by molar-refractivity contribution is 5.87. The Labute approximate surface area is 159 Å². The number of nitrogens with one attached hydrogen (secondary N) is 2. The Bertz CT molecular complexity index is 805. The number of aryl methyl sites for hydroxylation is 1. The SMILES string of the molecule is Cc1ccc(CN2CCC(NC(=O)NCc3cccc(C(=O)O)c3)C2)cc1. The van der Waals surface area contributed by atoms with E-state index < -0.39 is 5.97 Å². The first-order valence-electron chi connectivity index (χ1n) is 9.14. The number of carboxylic acids is 1. The normalized spacial score (nSPS) is 16.9. The predicted molar refractivity (Wildman–Crippen MR) is 104 cm³/mol. The van der Waals surface area contributed by atoms with Gasteiger partial charge in [0.2, 0.25) is 0 Å². The van der Waals surface area contributed by atoms with Crippen LogP contribution in [0.2, 0.25) is 0 Å². The minimum atomic E-state index is -0.971. The largest absolute Gasteiger partial charge is 0.478 e. The van der Waals surface area contributed by atoms with Crippen LogP contribution in [0.1, 0.15) is 33.5 Å². The zero-order valence-electron chi connectivity index (χ0n) is 15.4.